The lowest BCUT2D eigenvalue weighted by atomic mass is 10.2. The highest BCUT2D eigenvalue weighted by Gasteiger charge is 2.10. The average Bonchev–Trinajstić information content (AvgIpc) is 2.78. The highest BCUT2D eigenvalue weighted by Crippen LogP contribution is 2.13. The number of anilines is 3. The molecule has 0 amide bonds. The number of ether oxygens (including phenoxy) is 2. The van der Waals surface area contributed by atoms with Crippen molar-refractivity contribution in [1.29, 1.82) is 0 Å². The van der Waals surface area contributed by atoms with Gasteiger partial charge in [0.15, 0.2) is 0 Å². The second-order valence-electron chi connectivity index (χ2n) is 6.58. The van der Waals surface area contributed by atoms with Crippen LogP contribution in [0.25, 0.3) is 0 Å². The maximum absolute atomic E-state index is 5.53. The van der Waals surface area contributed by atoms with E-state index < -0.39 is 0 Å². The molecule has 0 saturated carbocycles. The lowest BCUT2D eigenvalue weighted by molar-refractivity contribution is 0.0547. The van der Waals surface area contributed by atoms with Gasteiger partial charge in [0.2, 0.25) is 17.8 Å². The summed E-state index contributed by atoms with van der Waals surface area (Å²) in [7, 11) is 0. The minimum absolute atomic E-state index is 0.306. The highest BCUT2D eigenvalue weighted by molar-refractivity contribution is 5.42. The van der Waals surface area contributed by atoms with E-state index in [2.05, 4.69) is 49.7 Å². The van der Waals surface area contributed by atoms with Gasteiger partial charge in [0, 0.05) is 25.3 Å². The van der Waals surface area contributed by atoms with Crippen molar-refractivity contribution in [3.63, 3.8) is 0 Å². The maximum atomic E-state index is 5.53. The smallest absolute Gasteiger partial charge is 0.229 e. The third kappa shape index (κ3) is 9.29. The van der Waals surface area contributed by atoms with Crippen LogP contribution in [0, 0.1) is 0 Å². The van der Waals surface area contributed by atoms with Crippen LogP contribution in [0.2, 0.25) is 0 Å². The Hall–Kier alpha value is -2.56. The van der Waals surface area contributed by atoms with E-state index in [9.17, 15) is 0 Å². The molecule has 0 atom stereocenters. The minimum atomic E-state index is 0.306. The molecule has 0 spiro atoms. The van der Waals surface area contributed by atoms with E-state index >= 15 is 0 Å². The number of nitrogens with one attached hydrogen (secondary N) is 3. The van der Waals surface area contributed by atoms with Crippen LogP contribution in [0.3, 0.4) is 0 Å². The van der Waals surface area contributed by atoms with E-state index in [0.717, 1.165) is 18.5 Å². The van der Waals surface area contributed by atoms with Crippen molar-refractivity contribution in [2.75, 3.05) is 55.5 Å². The fourth-order valence-corrected chi connectivity index (χ4v) is 2.59. The summed E-state index contributed by atoms with van der Waals surface area (Å²) in [5.41, 5.74) is 6.28. The third-order valence-corrected chi connectivity index (χ3v) is 4.27. The van der Waals surface area contributed by atoms with Crippen LogP contribution in [0.1, 0.15) is 32.4 Å². The van der Waals surface area contributed by atoms with E-state index in [0.29, 0.717) is 69.9 Å². The topological polar surface area (TPSA) is 132 Å². The summed E-state index contributed by atoms with van der Waals surface area (Å²) in [5, 5.41) is 9.78. The molecule has 0 radical (unpaired) electrons. The molecular weight excluding hydrogens is 384 g/mol. The summed E-state index contributed by atoms with van der Waals surface area (Å²) >= 11 is 0. The largest absolute Gasteiger partial charge is 0.378 e. The van der Waals surface area contributed by atoms with Gasteiger partial charge in [0.1, 0.15) is 0 Å². The van der Waals surface area contributed by atoms with E-state index in [-0.39, 0.29) is 0 Å². The standard InChI is InChI=1S/C20H34N8O2/c1-3-16(4-2)25-20-27-18(23-10-12-30-14-13-29-11-8-21)26-19(28-20)24-15-17-7-5-6-9-22-17/h5-7,9,16H,3-4,8,10-15,21H2,1-2H3,(H3,23,24,25,26,27,28). The van der Waals surface area contributed by atoms with Gasteiger partial charge in [-0.2, -0.15) is 15.0 Å². The SMILES string of the molecule is CCC(CC)Nc1nc(NCCOCCOCCN)nc(NCc2ccccn2)n1. The molecule has 0 aliphatic heterocycles. The van der Waals surface area contributed by atoms with Gasteiger partial charge in [-0.3, -0.25) is 4.98 Å². The molecule has 0 aliphatic rings. The summed E-state index contributed by atoms with van der Waals surface area (Å²) in [6.07, 6.45) is 3.74. The van der Waals surface area contributed by atoms with Crippen LogP contribution in [-0.2, 0) is 16.0 Å². The van der Waals surface area contributed by atoms with Gasteiger partial charge >= 0.3 is 0 Å². The first-order valence-corrected chi connectivity index (χ1v) is 10.5. The number of aromatic nitrogens is 4. The predicted molar refractivity (Wildman–Crippen MR) is 119 cm³/mol. The Balaban J connectivity index is 1.91. The van der Waals surface area contributed by atoms with Crippen LogP contribution in [0.15, 0.2) is 24.4 Å². The predicted octanol–water partition coefficient (Wildman–Crippen LogP) is 1.88. The van der Waals surface area contributed by atoms with Crippen LogP contribution in [0.5, 0.6) is 0 Å². The van der Waals surface area contributed by atoms with Gasteiger partial charge < -0.3 is 31.2 Å². The zero-order valence-corrected chi connectivity index (χ0v) is 17.9. The first kappa shape index (κ1) is 23.7. The summed E-state index contributed by atoms with van der Waals surface area (Å²) in [6.45, 7) is 8.02. The Morgan fingerprint density at radius 2 is 1.60 bits per heavy atom. The Morgan fingerprint density at radius 3 is 2.27 bits per heavy atom. The average molecular weight is 419 g/mol. The molecule has 2 heterocycles. The lowest BCUT2D eigenvalue weighted by Crippen LogP contribution is -2.21. The van der Waals surface area contributed by atoms with E-state index in [1.165, 1.54) is 0 Å². The van der Waals surface area contributed by atoms with Crippen molar-refractivity contribution in [3.8, 4) is 0 Å². The van der Waals surface area contributed by atoms with Crippen molar-refractivity contribution < 1.29 is 9.47 Å². The van der Waals surface area contributed by atoms with Crippen molar-refractivity contribution in [3.05, 3.63) is 30.1 Å². The second-order valence-corrected chi connectivity index (χ2v) is 6.58. The number of nitrogens with two attached hydrogens (primary N) is 1. The van der Waals surface area contributed by atoms with Gasteiger partial charge in [0.05, 0.1) is 38.7 Å². The molecule has 166 valence electrons. The van der Waals surface area contributed by atoms with E-state index in [1.54, 1.807) is 6.20 Å². The number of hydrogen-bond donors (Lipinski definition) is 4. The molecule has 0 saturated heterocycles. The molecule has 0 unspecified atom stereocenters. The zero-order chi connectivity index (χ0) is 21.4. The molecule has 2 aromatic heterocycles. The zero-order valence-electron chi connectivity index (χ0n) is 17.9. The van der Waals surface area contributed by atoms with E-state index in [1.807, 2.05) is 18.2 Å². The Labute approximate surface area is 178 Å². The van der Waals surface area contributed by atoms with Gasteiger partial charge in [0.25, 0.3) is 0 Å². The first-order chi connectivity index (χ1) is 14.7. The van der Waals surface area contributed by atoms with Gasteiger partial charge in [-0.15, -0.1) is 0 Å². The number of hydrogen-bond acceptors (Lipinski definition) is 10. The van der Waals surface area contributed by atoms with Crippen LogP contribution >= 0.6 is 0 Å². The molecule has 0 bridgehead atoms. The minimum Gasteiger partial charge on any atom is -0.378 e. The summed E-state index contributed by atoms with van der Waals surface area (Å²) in [6, 6.07) is 6.09. The normalized spacial score (nSPS) is 10.9. The molecule has 10 heteroatoms. The second kappa shape index (κ2) is 14.4. The molecule has 0 fully saturated rings. The first-order valence-electron chi connectivity index (χ1n) is 10.5. The summed E-state index contributed by atoms with van der Waals surface area (Å²) < 4.78 is 10.8. The summed E-state index contributed by atoms with van der Waals surface area (Å²) in [5.74, 6) is 1.52. The Bertz CT molecular complexity index is 700. The number of nitrogens with zero attached hydrogens (tertiary/aromatic N) is 4. The van der Waals surface area contributed by atoms with Crippen molar-refractivity contribution in [2.45, 2.75) is 39.3 Å². The Kier molecular flexibility index (Phi) is 11.4. The molecule has 10 nitrogen and oxygen atoms in total. The quantitative estimate of drug-likeness (QED) is 0.300. The molecule has 0 aliphatic carbocycles. The molecule has 2 aromatic rings. The van der Waals surface area contributed by atoms with Crippen LogP contribution in [-0.4, -0.2) is 65.5 Å². The molecule has 0 aromatic carbocycles. The van der Waals surface area contributed by atoms with Gasteiger partial charge in [-0.05, 0) is 25.0 Å². The summed E-state index contributed by atoms with van der Waals surface area (Å²) in [4.78, 5) is 17.8. The fraction of sp³-hybridized carbons (Fsp3) is 0.600. The number of pyridine rings is 1. The van der Waals surface area contributed by atoms with Gasteiger partial charge in [-0.25, -0.2) is 0 Å². The van der Waals surface area contributed by atoms with Crippen molar-refractivity contribution >= 4 is 17.8 Å². The van der Waals surface area contributed by atoms with Crippen LogP contribution in [0.4, 0.5) is 17.8 Å². The number of rotatable bonds is 16. The Morgan fingerprint density at radius 1 is 0.900 bits per heavy atom. The van der Waals surface area contributed by atoms with E-state index in [4.69, 9.17) is 15.2 Å². The van der Waals surface area contributed by atoms with Crippen molar-refractivity contribution in [2.24, 2.45) is 5.73 Å². The highest BCUT2D eigenvalue weighted by atomic mass is 16.5. The van der Waals surface area contributed by atoms with Crippen LogP contribution < -0.4 is 21.7 Å². The maximum Gasteiger partial charge on any atom is 0.229 e. The molecular formula is C20H34N8O2. The van der Waals surface area contributed by atoms with Gasteiger partial charge in [-0.1, -0.05) is 19.9 Å². The molecule has 5 N–H and O–H groups in total. The lowest BCUT2D eigenvalue weighted by Gasteiger charge is -2.16. The fourth-order valence-electron chi connectivity index (χ4n) is 2.59. The third-order valence-electron chi connectivity index (χ3n) is 4.27. The molecule has 30 heavy (non-hydrogen) atoms. The molecule has 2 rings (SSSR count). The van der Waals surface area contributed by atoms with Crippen molar-refractivity contribution in [1.82, 2.24) is 19.9 Å². The monoisotopic (exact) mass is 418 g/mol.